The molecule has 0 radical (unpaired) electrons. The van der Waals surface area contributed by atoms with Gasteiger partial charge in [-0.15, -0.1) is 0 Å². The summed E-state index contributed by atoms with van der Waals surface area (Å²) in [5, 5.41) is 27.5. The van der Waals surface area contributed by atoms with Crippen molar-refractivity contribution in [1.82, 2.24) is 9.55 Å². The van der Waals surface area contributed by atoms with E-state index in [1.165, 1.54) is 12.1 Å². The molecule has 224 valence electrons. The van der Waals surface area contributed by atoms with Gasteiger partial charge in [-0.2, -0.15) is 4.76 Å². The summed E-state index contributed by atoms with van der Waals surface area (Å²) >= 11 is 0. The Labute approximate surface area is 245 Å². The molecule has 5 rings (SSSR count). The highest BCUT2D eigenvalue weighted by Gasteiger charge is 2.37. The molecule has 0 saturated carbocycles. The average Bonchev–Trinajstić information content (AvgIpc) is 3.40. The number of aromatic hydroxyl groups is 2. The summed E-state index contributed by atoms with van der Waals surface area (Å²) in [6.07, 6.45) is 3.94. The normalized spacial score (nSPS) is 17.1. The van der Waals surface area contributed by atoms with E-state index in [2.05, 4.69) is 40.6 Å². The number of aromatic nitrogens is 2. The molecule has 0 amide bonds. The van der Waals surface area contributed by atoms with Crippen molar-refractivity contribution in [3.8, 4) is 11.6 Å². The molecular formula is C29H36N5O6PS. The van der Waals surface area contributed by atoms with Crippen LogP contribution in [-0.2, 0) is 32.1 Å². The van der Waals surface area contributed by atoms with Crippen LogP contribution in [0.15, 0.2) is 53.4 Å². The molecular weight excluding hydrogens is 577 g/mol. The fourth-order valence-electron chi connectivity index (χ4n) is 5.06. The van der Waals surface area contributed by atoms with Crippen LogP contribution in [0.1, 0.15) is 50.9 Å². The molecule has 4 aromatic rings. The maximum atomic E-state index is 14.1. The van der Waals surface area contributed by atoms with Gasteiger partial charge in [0.2, 0.25) is 15.9 Å². The summed E-state index contributed by atoms with van der Waals surface area (Å²) in [5.74, 6) is -0.396. The highest BCUT2D eigenvalue weighted by atomic mass is 32.2. The van der Waals surface area contributed by atoms with Crippen molar-refractivity contribution in [2.24, 2.45) is 10.2 Å². The third kappa shape index (κ3) is 5.92. The Balaban J connectivity index is 1.63. The second kappa shape index (κ2) is 10.8. The molecule has 11 nitrogen and oxygen atoms in total. The van der Waals surface area contributed by atoms with E-state index >= 15 is 0 Å². The average molecular weight is 614 g/mol. The Kier molecular flexibility index (Phi) is 7.67. The fourth-order valence-corrected chi connectivity index (χ4v) is 7.42. The van der Waals surface area contributed by atoms with Crippen molar-refractivity contribution in [2.75, 3.05) is 22.9 Å². The third-order valence-corrected chi connectivity index (χ3v) is 9.72. The van der Waals surface area contributed by atoms with Gasteiger partial charge >= 0.3 is 7.52 Å². The first kappa shape index (κ1) is 29.8. The lowest BCUT2D eigenvalue weighted by molar-refractivity contribution is 0.328. The van der Waals surface area contributed by atoms with Crippen LogP contribution < -0.4 is 15.3 Å². The Hall–Kier alpha value is -3.73. The van der Waals surface area contributed by atoms with Crippen LogP contribution in [0, 0.1) is 5.41 Å². The topological polar surface area (TPSA) is 158 Å². The summed E-state index contributed by atoms with van der Waals surface area (Å²) in [7, 11) is -7.52. The molecule has 3 heterocycles. The lowest BCUT2D eigenvalue weighted by atomic mass is 9.92. The largest absolute Gasteiger partial charge is 0.505 e. The number of aromatic amines is 1. The fraction of sp³-hybridized carbons (Fsp3) is 0.345. The minimum absolute atomic E-state index is 0.00668. The van der Waals surface area contributed by atoms with Crippen molar-refractivity contribution in [2.45, 2.75) is 47.1 Å². The molecule has 0 bridgehead atoms. The SMILES string of the molecule is CCOP1(=O)N=C(c2c(O)c(Cc3c[nH]c4ccccc34)n(CCC(C)(C)C)c2O)Nc2ccc(NS(C)(=O)=O)cc21. The first-order valence-corrected chi connectivity index (χ1v) is 17.1. The van der Waals surface area contributed by atoms with Gasteiger partial charge in [-0.3, -0.25) is 9.29 Å². The van der Waals surface area contributed by atoms with Crippen molar-refractivity contribution in [3.05, 3.63) is 65.5 Å². The van der Waals surface area contributed by atoms with Crippen LogP contribution >= 0.6 is 7.52 Å². The lowest BCUT2D eigenvalue weighted by Crippen LogP contribution is -2.26. The molecule has 2 aromatic heterocycles. The van der Waals surface area contributed by atoms with Crippen LogP contribution in [-0.4, -0.2) is 46.9 Å². The second-order valence-electron chi connectivity index (χ2n) is 11.6. The van der Waals surface area contributed by atoms with Crippen molar-refractivity contribution in [3.63, 3.8) is 0 Å². The Morgan fingerprint density at radius 1 is 1.14 bits per heavy atom. The van der Waals surface area contributed by atoms with Crippen molar-refractivity contribution in [1.29, 1.82) is 0 Å². The highest BCUT2D eigenvalue weighted by molar-refractivity contribution is 7.92. The van der Waals surface area contributed by atoms with Gasteiger partial charge in [0.05, 0.1) is 29.5 Å². The molecule has 0 fully saturated rings. The van der Waals surface area contributed by atoms with E-state index in [1.54, 1.807) is 17.6 Å². The van der Waals surface area contributed by atoms with Crippen LogP contribution in [0.4, 0.5) is 11.4 Å². The summed E-state index contributed by atoms with van der Waals surface area (Å²) < 4.78 is 51.8. The summed E-state index contributed by atoms with van der Waals surface area (Å²) in [5.41, 5.74) is 2.92. The van der Waals surface area contributed by atoms with E-state index < -0.39 is 17.5 Å². The monoisotopic (exact) mass is 613 g/mol. The number of benzene rings is 2. The number of nitrogens with zero attached hydrogens (tertiary/aromatic N) is 2. The molecule has 0 aliphatic carbocycles. The molecule has 1 aliphatic rings. The number of amidine groups is 1. The number of anilines is 2. The van der Waals surface area contributed by atoms with Gasteiger partial charge in [0, 0.05) is 35.8 Å². The van der Waals surface area contributed by atoms with Crippen LogP contribution in [0.3, 0.4) is 0 Å². The van der Waals surface area contributed by atoms with E-state index in [0.29, 0.717) is 30.8 Å². The predicted molar refractivity (Wildman–Crippen MR) is 167 cm³/mol. The van der Waals surface area contributed by atoms with Crippen LogP contribution in [0.5, 0.6) is 11.6 Å². The third-order valence-electron chi connectivity index (χ3n) is 7.06. The lowest BCUT2D eigenvalue weighted by Gasteiger charge is -2.25. The molecule has 1 atom stereocenters. The van der Waals surface area contributed by atoms with Gasteiger partial charge in [0.25, 0.3) is 0 Å². The van der Waals surface area contributed by atoms with Crippen LogP contribution in [0.2, 0.25) is 0 Å². The van der Waals surface area contributed by atoms with Gasteiger partial charge in [-0.05, 0) is 48.6 Å². The van der Waals surface area contributed by atoms with Crippen molar-refractivity contribution < 1.29 is 27.7 Å². The van der Waals surface area contributed by atoms with Gasteiger partial charge in [0.15, 0.2) is 11.6 Å². The van der Waals surface area contributed by atoms with Crippen molar-refractivity contribution >= 4 is 51.0 Å². The number of hydrogen-bond donors (Lipinski definition) is 5. The molecule has 13 heteroatoms. The Bertz CT molecular complexity index is 1850. The smallest absolute Gasteiger partial charge is 0.348 e. The van der Waals surface area contributed by atoms with E-state index in [9.17, 15) is 23.2 Å². The summed E-state index contributed by atoms with van der Waals surface area (Å²) in [4.78, 5) is 3.26. The highest BCUT2D eigenvalue weighted by Crippen LogP contribution is 2.53. The van der Waals surface area contributed by atoms with E-state index in [1.807, 2.05) is 30.5 Å². The minimum atomic E-state index is -3.94. The zero-order chi connectivity index (χ0) is 30.4. The van der Waals surface area contributed by atoms with E-state index in [-0.39, 0.29) is 46.0 Å². The molecule has 0 saturated heterocycles. The number of fused-ring (bicyclic) bond motifs is 2. The van der Waals surface area contributed by atoms with Gasteiger partial charge in [-0.25, -0.2) is 8.42 Å². The predicted octanol–water partition coefficient (Wildman–Crippen LogP) is 5.51. The number of nitrogens with one attached hydrogen (secondary N) is 3. The molecule has 0 spiro atoms. The maximum Gasteiger partial charge on any atom is 0.348 e. The number of sulfonamides is 1. The Morgan fingerprint density at radius 2 is 1.88 bits per heavy atom. The minimum Gasteiger partial charge on any atom is -0.505 e. The number of hydrogen-bond acceptors (Lipinski definition) is 7. The zero-order valence-electron chi connectivity index (χ0n) is 24.2. The zero-order valence-corrected chi connectivity index (χ0v) is 25.9. The van der Waals surface area contributed by atoms with Crippen LogP contribution in [0.25, 0.3) is 10.9 Å². The molecule has 42 heavy (non-hydrogen) atoms. The first-order chi connectivity index (χ1) is 19.7. The van der Waals surface area contributed by atoms with Gasteiger partial charge in [-0.1, -0.05) is 39.0 Å². The summed E-state index contributed by atoms with van der Waals surface area (Å²) in [6, 6.07) is 12.3. The standard InChI is InChI=1S/C29H36N5O6PS/c1-6-40-41(37)24-16-19(33-42(5,38)39)11-12-22(24)31-27(32-41)25-26(35)23(34(28(25)36)14-13-29(2,3)4)15-18-17-30-21-10-8-7-9-20(18)21/h7-12,16-17,30,33,35-36H,6,13-15H2,1-5H3,(H,31,32,37). The Morgan fingerprint density at radius 3 is 2.57 bits per heavy atom. The molecule has 5 N–H and O–H groups in total. The molecule has 1 aliphatic heterocycles. The molecule has 1 unspecified atom stereocenters. The first-order valence-electron chi connectivity index (χ1n) is 13.6. The van der Waals surface area contributed by atoms with E-state index in [0.717, 1.165) is 22.7 Å². The maximum absolute atomic E-state index is 14.1. The quantitative estimate of drug-likeness (QED) is 0.156. The molecule has 2 aromatic carbocycles. The van der Waals surface area contributed by atoms with Gasteiger partial charge in [0.1, 0.15) is 5.56 Å². The number of para-hydroxylation sites is 1. The number of rotatable bonds is 9. The van der Waals surface area contributed by atoms with E-state index in [4.69, 9.17) is 4.52 Å². The number of H-pyrrole nitrogens is 1. The summed E-state index contributed by atoms with van der Waals surface area (Å²) in [6.45, 7) is 8.46. The second-order valence-corrected chi connectivity index (χ2v) is 15.3. The van der Waals surface area contributed by atoms with Gasteiger partial charge < -0.3 is 29.6 Å².